The maximum atomic E-state index is 14.7. The Bertz CT molecular complexity index is 2070. The van der Waals surface area contributed by atoms with Crippen LogP contribution in [-0.2, 0) is 32.4 Å². The number of anilines is 3. The standard InChI is InChI=1S/C31H31FN6O4S.C2HF3O2/c1-38-17-20-14-21(6-10-27(20)43(41,42)23-7-8-23)37-31(40)34-12-11-18-3-2-4-19(13-18)28(30(38)39)36-22-5-9-24-25(15-22)26(32)16-35-29(24)33;3-2(4,5)1(6)7/h2-6,9-10,13-16,23,28,36H,7-8,11-12,17H2,1H3,(H2,33,35)(H2,34,37,40);(H,6,7)/t28-;/m1./s1. The molecule has 50 heavy (non-hydrogen) atoms. The summed E-state index contributed by atoms with van der Waals surface area (Å²) in [5.41, 5.74) is 8.80. The highest BCUT2D eigenvalue weighted by Gasteiger charge is 2.39. The zero-order valence-electron chi connectivity index (χ0n) is 26.4. The van der Waals surface area contributed by atoms with E-state index in [1.165, 1.54) is 11.0 Å². The second-order valence-corrected chi connectivity index (χ2v) is 14.0. The first-order valence-corrected chi connectivity index (χ1v) is 16.7. The van der Waals surface area contributed by atoms with E-state index in [1.807, 2.05) is 24.3 Å². The maximum Gasteiger partial charge on any atom is 0.490 e. The zero-order chi connectivity index (χ0) is 36.4. The van der Waals surface area contributed by atoms with Gasteiger partial charge >= 0.3 is 18.2 Å². The summed E-state index contributed by atoms with van der Waals surface area (Å²) >= 11 is 0. The van der Waals surface area contributed by atoms with E-state index in [0.29, 0.717) is 53.7 Å². The van der Waals surface area contributed by atoms with Crippen LogP contribution in [0.1, 0.15) is 35.6 Å². The fraction of sp³-hybridized carbons (Fsp3) is 0.273. The lowest BCUT2D eigenvalue weighted by molar-refractivity contribution is -0.192. The number of sulfone groups is 1. The molecule has 6 rings (SSSR count). The Hall–Kier alpha value is -5.45. The summed E-state index contributed by atoms with van der Waals surface area (Å²) in [6.07, 6.45) is -2.33. The molecule has 0 unspecified atom stereocenters. The molecule has 17 heteroatoms. The van der Waals surface area contributed by atoms with Gasteiger partial charge in [0.15, 0.2) is 9.84 Å². The Kier molecular flexibility index (Phi) is 10.2. The third-order valence-corrected chi connectivity index (χ3v) is 10.4. The van der Waals surface area contributed by atoms with E-state index < -0.39 is 45.1 Å². The van der Waals surface area contributed by atoms with E-state index in [0.717, 1.165) is 11.8 Å². The smallest absolute Gasteiger partial charge is 0.475 e. The SMILES string of the molecule is CN1Cc2cc(ccc2S(=O)(=O)C2CC2)NC(=O)NCCc2cccc(c2)[C@@H](Nc2ccc3c(N)ncc(F)c3c2)C1=O.O=C(O)C(F)(F)F. The lowest BCUT2D eigenvalue weighted by Crippen LogP contribution is -2.35. The van der Waals surface area contributed by atoms with Crippen LogP contribution in [0.15, 0.2) is 71.8 Å². The predicted molar refractivity (Wildman–Crippen MR) is 176 cm³/mol. The number of nitrogens with two attached hydrogens (primary N) is 1. The number of nitrogens with zero attached hydrogens (tertiary/aromatic N) is 2. The van der Waals surface area contributed by atoms with Crippen LogP contribution < -0.4 is 21.7 Å². The number of urea groups is 1. The van der Waals surface area contributed by atoms with Crippen molar-refractivity contribution in [1.82, 2.24) is 15.2 Å². The van der Waals surface area contributed by atoms with Crippen LogP contribution in [0, 0.1) is 5.82 Å². The number of carboxylic acid groups (broad SMARTS) is 1. The summed E-state index contributed by atoms with van der Waals surface area (Å²) in [6, 6.07) is 15.7. The summed E-state index contributed by atoms with van der Waals surface area (Å²) < 4.78 is 73.0. The zero-order valence-corrected chi connectivity index (χ0v) is 27.2. The molecule has 1 aromatic heterocycles. The highest BCUT2D eigenvalue weighted by atomic mass is 32.2. The molecule has 0 saturated heterocycles. The number of benzene rings is 3. The molecule has 1 fully saturated rings. The number of carboxylic acids is 1. The number of alkyl halides is 3. The monoisotopic (exact) mass is 716 g/mol. The predicted octanol–water partition coefficient (Wildman–Crippen LogP) is 5.01. The van der Waals surface area contributed by atoms with Gasteiger partial charge in [0.25, 0.3) is 0 Å². The molecule has 1 atom stereocenters. The number of aliphatic carboxylic acids is 1. The largest absolute Gasteiger partial charge is 0.490 e. The summed E-state index contributed by atoms with van der Waals surface area (Å²) in [5.74, 6) is -3.43. The van der Waals surface area contributed by atoms with Gasteiger partial charge in [-0.25, -0.2) is 27.4 Å². The topological polar surface area (TPSA) is 184 Å². The Balaban J connectivity index is 0.000000630. The van der Waals surface area contributed by atoms with Crippen LogP contribution in [0.25, 0.3) is 10.8 Å². The van der Waals surface area contributed by atoms with Gasteiger partial charge in [-0.1, -0.05) is 24.3 Å². The van der Waals surface area contributed by atoms with Crippen molar-refractivity contribution in [2.75, 3.05) is 30.0 Å². The van der Waals surface area contributed by atoms with Gasteiger partial charge in [0, 0.05) is 42.3 Å². The Morgan fingerprint density at radius 3 is 2.46 bits per heavy atom. The molecule has 264 valence electrons. The minimum atomic E-state index is -5.08. The summed E-state index contributed by atoms with van der Waals surface area (Å²) in [7, 11) is -1.99. The number of rotatable bonds is 4. The number of nitrogens with one attached hydrogen (secondary N) is 3. The van der Waals surface area contributed by atoms with Crippen molar-refractivity contribution in [3.8, 4) is 0 Å². The average molecular weight is 717 g/mol. The molecule has 4 bridgehead atoms. The molecule has 3 aromatic carbocycles. The molecule has 12 nitrogen and oxygen atoms in total. The number of aromatic nitrogens is 1. The lowest BCUT2D eigenvalue weighted by atomic mass is 10.00. The van der Waals surface area contributed by atoms with Gasteiger partial charge < -0.3 is 31.7 Å². The van der Waals surface area contributed by atoms with Crippen molar-refractivity contribution >= 4 is 55.7 Å². The van der Waals surface area contributed by atoms with Crippen LogP contribution in [0.3, 0.4) is 0 Å². The fourth-order valence-corrected chi connectivity index (χ4v) is 7.23. The van der Waals surface area contributed by atoms with E-state index in [-0.39, 0.29) is 28.6 Å². The van der Waals surface area contributed by atoms with E-state index in [2.05, 4.69) is 20.9 Å². The molecule has 4 aromatic rings. The van der Waals surface area contributed by atoms with Crippen molar-refractivity contribution in [1.29, 1.82) is 0 Å². The van der Waals surface area contributed by atoms with Crippen molar-refractivity contribution in [2.24, 2.45) is 0 Å². The second kappa shape index (κ2) is 14.2. The van der Waals surface area contributed by atoms with Crippen molar-refractivity contribution in [2.45, 2.75) is 48.2 Å². The highest BCUT2D eigenvalue weighted by Crippen LogP contribution is 2.36. The first-order chi connectivity index (χ1) is 23.5. The molecule has 1 saturated carbocycles. The first-order valence-electron chi connectivity index (χ1n) is 15.2. The molecule has 2 heterocycles. The average Bonchev–Trinajstić information content (AvgIpc) is 3.92. The molecule has 1 aliphatic heterocycles. The molecule has 6 N–H and O–H groups in total. The normalized spacial score (nSPS) is 17.0. The quantitative estimate of drug-likeness (QED) is 0.181. The fourth-order valence-electron chi connectivity index (χ4n) is 5.37. The van der Waals surface area contributed by atoms with Gasteiger partial charge in [0.2, 0.25) is 5.91 Å². The Morgan fingerprint density at radius 1 is 1.06 bits per heavy atom. The lowest BCUT2D eigenvalue weighted by Gasteiger charge is -2.27. The van der Waals surface area contributed by atoms with Crippen LogP contribution in [0.5, 0.6) is 0 Å². The van der Waals surface area contributed by atoms with Gasteiger partial charge in [0.05, 0.1) is 16.3 Å². The summed E-state index contributed by atoms with van der Waals surface area (Å²) in [6.45, 7) is 0.311. The van der Waals surface area contributed by atoms with E-state index in [4.69, 9.17) is 15.6 Å². The van der Waals surface area contributed by atoms with Gasteiger partial charge in [-0.3, -0.25) is 4.79 Å². The van der Waals surface area contributed by atoms with Gasteiger partial charge in [-0.15, -0.1) is 0 Å². The minimum absolute atomic E-state index is 0.0241. The van der Waals surface area contributed by atoms with Crippen molar-refractivity contribution in [3.63, 3.8) is 0 Å². The van der Waals surface area contributed by atoms with Crippen molar-refractivity contribution < 1.29 is 45.5 Å². The third-order valence-electron chi connectivity index (χ3n) is 8.03. The number of fused-ring (bicyclic) bond motifs is 5. The number of carbonyl (C=O) groups is 3. The van der Waals surface area contributed by atoms with Gasteiger partial charge in [-0.05, 0) is 72.4 Å². The third kappa shape index (κ3) is 8.22. The number of hydrogen-bond donors (Lipinski definition) is 5. The van der Waals surface area contributed by atoms with Crippen molar-refractivity contribution in [3.05, 3.63) is 89.4 Å². The number of nitrogen functional groups attached to an aromatic ring is 1. The summed E-state index contributed by atoms with van der Waals surface area (Å²) in [4.78, 5) is 41.1. The maximum absolute atomic E-state index is 14.7. The first kappa shape index (κ1) is 35.8. The molecule has 0 radical (unpaired) electrons. The molecule has 1 aliphatic carbocycles. The molecular formula is C33H32F4N6O6S. The number of halogens is 4. The van der Waals surface area contributed by atoms with Crippen LogP contribution in [0.2, 0.25) is 0 Å². The second-order valence-electron chi connectivity index (χ2n) is 11.8. The molecular weight excluding hydrogens is 684 g/mol. The van der Waals surface area contributed by atoms with Crippen LogP contribution in [-0.4, -0.2) is 66.3 Å². The van der Waals surface area contributed by atoms with Gasteiger partial charge in [0.1, 0.15) is 17.7 Å². The molecule has 2 aliphatic rings. The number of carbonyl (C=O) groups excluding carboxylic acids is 2. The number of pyridine rings is 1. The van der Waals surface area contributed by atoms with E-state index in [1.54, 1.807) is 37.4 Å². The van der Waals surface area contributed by atoms with E-state index >= 15 is 0 Å². The van der Waals surface area contributed by atoms with E-state index in [9.17, 15) is 35.6 Å². The highest BCUT2D eigenvalue weighted by molar-refractivity contribution is 7.92. The summed E-state index contributed by atoms with van der Waals surface area (Å²) in [5, 5.41) is 16.3. The van der Waals surface area contributed by atoms with Crippen LogP contribution >= 0.6 is 0 Å². The van der Waals surface area contributed by atoms with Gasteiger partial charge in [-0.2, -0.15) is 13.2 Å². The Morgan fingerprint density at radius 2 is 1.78 bits per heavy atom. The number of likely N-dealkylation sites (N-methyl/N-ethyl adjacent to an activating group) is 1. The Labute approximate surface area is 283 Å². The molecule has 3 amide bonds. The van der Waals surface area contributed by atoms with Crippen LogP contribution in [0.4, 0.5) is 39.5 Å². The minimum Gasteiger partial charge on any atom is -0.475 e. The number of amides is 3. The number of hydrogen-bond acceptors (Lipinski definition) is 8. The molecule has 0 spiro atoms.